The van der Waals surface area contributed by atoms with Crippen LogP contribution in [0, 0.1) is 5.92 Å². The standard InChI is InChI=1S/C18H32N2O5Si/c1-8-18(11-21)12(2)14(25-26(6,7)17(3,4)5)15(24-18)20-10-9-13(22)19-16(20)23/h9-10,12,14-15,21H,8,11H2,1-7H3,(H,19,22,23)/t12-,14?,15+,18+/m0/s1. The fourth-order valence-electron chi connectivity index (χ4n) is 3.18. The SMILES string of the molecule is CC[C@]1(CO)O[C@@H](n2ccc(=O)[nH]c2=O)C(O[Si](C)(C)C(C)(C)C)[C@@H]1C. The van der Waals surface area contributed by atoms with Crippen LogP contribution in [-0.2, 0) is 9.16 Å². The van der Waals surface area contributed by atoms with Gasteiger partial charge in [-0.1, -0.05) is 34.6 Å². The minimum Gasteiger partial charge on any atom is -0.409 e. The van der Waals surface area contributed by atoms with Gasteiger partial charge in [-0.3, -0.25) is 14.3 Å². The molecule has 148 valence electrons. The summed E-state index contributed by atoms with van der Waals surface area (Å²) in [4.78, 5) is 26.1. The molecule has 2 N–H and O–H groups in total. The zero-order valence-electron chi connectivity index (χ0n) is 16.8. The zero-order chi connectivity index (χ0) is 19.9. The predicted octanol–water partition coefficient (Wildman–Crippen LogP) is 2.23. The lowest BCUT2D eigenvalue weighted by molar-refractivity contribution is -0.117. The molecule has 1 saturated heterocycles. The zero-order valence-corrected chi connectivity index (χ0v) is 17.8. The van der Waals surface area contributed by atoms with Crippen LogP contribution >= 0.6 is 0 Å². The number of H-pyrrole nitrogens is 1. The molecule has 0 aromatic carbocycles. The van der Waals surface area contributed by atoms with Crippen molar-refractivity contribution in [3.05, 3.63) is 33.1 Å². The van der Waals surface area contributed by atoms with E-state index in [4.69, 9.17) is 9.16 Å². The highest BCUT2D eigenvalue weighted by Crippen LogP contribution is 2.48. The summed E-state index contributed by atoms with van der Waals surface area (Å²) < 4.78 is 14.2. The molecule has 0 bridgehead atoms. The molecule has 2 rings (SSSR count). The van der Waals surface area contributed by atoms with Crippen LogP contribution in [0.1, 0.15) is 47.3 Å². The van der Waals surface area contributed by atoms with E-state index in [1.54, 1.807) is 0 Å². The van der Waals surface area contributed by atoms with Crippen LogP contribution in [0.2, 0.25) is 18.1 Å². The summed E-state index contributed by atoms with van der Waals surface area (Å²) in [6, 6.07) is 1.30. The van der Waals surface area contributed by atoms with Gasteiger partial charge in [-0.05, 0) is 24.6 Å². The number of aromatic nitrogens is 2. The summed E-state index contributed by atoms with van der Waals surface area (Å²) in [5, 5.41) is 10.0. The molecule has 4 atom stereocenters. The number of nitrogens with one attached hydrogen (secondary N) is 1. The maximum absolute atomic E-state index is 12.4. The topological polar surface area (TPSA) is 93.5 Å². The third-order valence-corrected chi connectivity index (χ3v) is 10.7. The van der Waals surface area contributed by atoms with Gasteiger partial charge >= 0.3 is 5.69 Å². The molecular formula is C18H32N2O5Si. The molecule has 0 aliphatic carbocycles. The maximum Gasteiger partial charge on any atom is 0.330 e. The second-order valence-corrected chi connectivity index (χ2v) is 13.5. The molecule has 7 nitrogen and oxygen atoms in total. The number of hydrogen-bond acceptors (Lipinski definition) is 5. The molecular weight excluding hydrogens is 352 g/mol. The molecule has 0 spiro atoms. The Balaban J connectivity index is 2.52. The first kappa shape index (κ1) is 21.1. The minimum absolute atomic E-state index is 0.0100. The Morgan fingerprint density at radius 2 is 2.00 bits per heavy atom. The molecule has 1 aromatic rings. The van der Waals surface area contributed by atoms with Crippen molar-refractivity contribution in [1.29, 1.82) is 0 Å². The highest BCUT2D eigenvalue weighted by molar-refractivity contribution is 6.74. The molecule has 8 heteroatoms. The van der Waals surface area contributed by atoms with Gasteiger partial charge in [0.25, 0.3) is 5.56 Å². The quantitative estimate of drug-likeness (QED) is 0.759. The van der Waals surface area contributed by atoms with Gasteiger partial charge in [0, 0.05) is 18.2 Å². The molecule has 1 unspecified atom stereocenters. The van der Waals surface area contributed by atoms with Crippen LogP contribution in [-0.4, -0.2) is 41.3 Å². The van der Waals surface area contributed by atoms with Crippen molar-refractivity contribution >= 4 is 8.32 Å². The number of rotatable bonds is 5. The van der Waals surface area contributed by atoms with Crippen molar-refractivity contribution in [2.45, 2.75) is 77.1 Å². The van der Waals surface area contributed by atoms with Gasteiger partial charge < -0.3 is 14.3 Å². The van der Waals surface area contributed by atoms with Gasteiger partial charge in [-0.25, -0.2) is 4.79 Å². The summed E-state index contributed by atoms with van der Waals surface area (Å²) in [5.41, 5.74) is -1.78. The lowest BCUT2D eigenvalue weighted by Crippen LogP contribution is -2.48. The fourth-order valence-corrected chi connectivity index (χ4v) is 4.53. The highest BCUT2D eigenvalue weighted by atomic mass is 28.4. The Hall–Kier alpha value is -1.22. The third kappa shape index (κ3) is 3.60. The van der Waals surface area contributed by atoms with E-state index in [0.717, 1.165) is 0 Å². The average Bonchev–Trinajstić information content (AvgIpc) is 2.79. The molecule has 1 aliphatic rings. The fraction of sp³-hybridized carbons (Fsp3) is 0.778. The second kappa shape index (κ2) is 7.07. The third-order valence-electron chi connectivity index (χ3n) is 6.19. The van der Waals surface area contributed by atoms with Gasteiger partial charge in [0.2, 0.25) is 0 Å². The maximum atomic E-state index is 12.4. The monoisotopic (exact) mass is 384 g/mol. The molecule has 1 fully saturated rings. The normalized spacial score (nSPS) is 29.9. The van der Waals surface area contributed by atoms with E-state index in [1.807, 2.05) is 13.8 Å². The number of aliphatic hydroxyl groups excluding tert-OH is 1. The van der Waals surface area contributed by atoms with E-state index in [-0.39, 0.29) is 17.6 Å². The summed E-state index contributed by atoms with van der Waals surface area (Å²) in [5.74, 6) is -0.115. The van der Waals surface area contributed by atoms with Crippen LogP contribution in [0.4, 0.5) is 0 Å². The van der Waals surface area contributed by atoms with Crippen LogP contribution in [0.5, 0.6) is 0 Å². The van der Waals surface area contributed by atoms with E-state index < -0.39 is 37.5 Å². The van der Waals surface area contributed by atoms with Crippen molar-refractivity contribution in [2.75, 3.05) is 6.61 Å². The Kier molecular flexibility index (Phi) is 5.73. The van der Waals surface area contributed by atoms with Crippen molar-refractivity contribution in [3.63, 3.8) is 0 Å². The Bertz CT molecular complexity index is 745. The first-order valence-electron chi connectivity index (χ1n) is 9.16. The van der Waals surface area contributed by atoms with Gasteiger partial charge in [0.15, 0.2) is 14.5 Å². The van der Waals surface area contributed by atoms with Crippen molar-refractivity contribution in [1.82, 2.24) is 9.55 Å². The van der Waals surface area contributed by atoms with Crippen LogP contribution < -0.4 is 11.2 Å². The summed E-state index contributed by atoms with van der Waals surface area (Å²) in [6.45, 7) is 14.5. The summed E-state index contributed by atoms with van der Waals surface area (Å²) >= 11 is 0. The first-order chi connectivity index (χ1) is 11.9. The molecule has 1 aliphatic heterocycles. The van der Waals surface area contributed by atoms with Gasteiger partial charge in [0.05, 0.1) is 18.3 Å². The minimum atomic E-state index is -2.15. The van der Waals surface area contributed by atoms with E-state index in [0.29, 0.717) is 6.42 Å². The Morgan fingerprint density at radius 3 is 2.46 bits per heavy atom. The number of nitrogens with zero attached hydrogens (tertiary/aromatic N) is 1. The number of hydrogen-bond donors (Lipinski definition) is 2. The largest absolute Gasteiger partial charge is 0.409 e. The molecule has 0 radical (unpaired) electrons. The van der Waals surface area contributed by atoms with E-state index in [2.05, 4.69) is 38.8 Å². The second-order valence-electron chi connectivity index (χ2n) is 8.73. The molecule has 26 heavy (non-hydrogen) atoms. The van der Waals surface area contributed by atoms with Crippen LogP contribution in [0.3, 0.4) is 0 Å². The molecule has 0 amide bonds. The van der Waals surface area contributed by atoms with E-state index in [9.17, 15) is 14.7 Å². The van der Waals surface area contributed by atoms with Gasteiger partial charge in [-0.2, -0.15) is 0 Å². The lowest BCUT2D eigenvalue weighted by Gasteiger charge is -2.40. The number of aromatic amines is 1. The van der Waals surface area contributed by atoms with E-state index in [1.165, 1.54) is 16.8 Å². The number of aliphatic hydroxyl groups is 1. The van der Waals surface area contributed by atoms with Crippen molar-refractivity contribution in [2.24, 2.45) is 5.92 Å². The van der Waals surface area contributed by atoms with Gasteiger partial charge in [0.1, 0.15) is 0 Å². The van der Waals surface area contributed by atoms with Crippen molar-refractivity contribution in [3.8, 4) is 0 Å². The van der Waals surface area contributed by atoms with Crippen LogP contribution in [0.15, 0.2) is 21.9 Å². The van der Waals surface area contributed by atoms with E-state index >= 15 is 0 Å². The Morgan fingerprint density at radius 1 is 1.38 bits per heavy atom. The summed E-state index contributed by atoms with van der Waals surface area (Å²) in [6.07, 6.45) is 0.933. The molecule has 0 saturated carbocycles. The first-order valence-corrected chi connectivity index (χ1v) is 12.1. The van der Waals surface area contributed by atoms with Crippen molar-refractivity contribution < 1.29 is 14.3 Å². The predicted molar refractivity (Wildman–Crippen MR) is 103 cm³/mol. The molecule has 1 aromatic heterocycles. The molecule has 2 heterocycles. The highest BCUT2D eigenvalue weighted by Gasteiger charge is 2.55. The lowest BCUT2D eigenvalue weighted by atomic mass is 9.85. The van der Waals surface area contributed by atoms with Crippen LogP contribution in [0.25, 0.3) is 0 Å². The van der Waals surface area contributed by atoms with Gasteiger partial charge in [-0.15, -0.1) is 0 Å². The number of ether oxygens (including phenoxy) is 1. The summed E-state index contributed by atoms with van der Waals surface area (Å²) in [7, 11) is -2.15. The average molecular weight is 385 g/mol. The Labute approximate surface area is 155 Å². The smallest absolute Gasteiger partial charge is 0.330 e.